The van der Waals surface area contributed by atoms with Crippen LogP contribution in [0, 0.1) is 6.92 Å². The number of hydrogen-bond donors (Lipinski definition) is 2. The highest BCUT2D eigenvalue weighted by atomic mass is 35.5. The molecule has 6 nitrogen and oxygen atoms in total. The Morgan fingerprint density at radius 3 is 2.36 bits per heavy atom. The molecule has 0 radical (unpaired) electrons. The number of anilines is 2. The van der Waals surface area contributed by atoms with Crippen molar-refractivity contribution < 1.29 is 17.9 Å². The van der Waals surface area contributed by atoms with E-state index >= 15 is 0 Å². The maximum Gasteiger partial charge on any atom is 0.265 e. The molecule has 28 heavy (non-hydrogen) atoms. The standard InChI is InChI=1S/C19H22Cl2N2O4S/c1-4-8-28(25,26)23-18-7-5-6-17(12(18)2)22-19(24)13(3)27-16-10-14(20)9-15(21)11-16/h5-7,9-11,13,23H,4,8H2,1-3H3,(H,22,24). The van der Waals surface area contributed by atoms with Gasteiger partial charge < -0.3 is 10.1 Å². The van der Waals surface area contributed by atoms with Gasteiger partial charge in [0, 0.05) is 15.7 Å². The summed E-state index contributed by atoms with van der Waals surface area (Å²) in [6.45, 7) is 5.10. The first-order valence-electron chi connectivity index (χ1n) is 8.65. The monoisotopic (exact) mass is 444 g/mol. The van der Waals surface area contributed by atoms with E-state index in [1.165, 1.54) is 0 Å². The maximum absolute atomic E-state index is 12.5. The molecule has 1 atom stereocenters. The highest BCUT2D eigenvalue weighted by molar-refractivity contribution is 7.92. The van der Waals surface area contributed by atoms with Gasteiger partial charge in [-0.1, -0.05) is 36.2 Å². The smallest absolute Gasteiger partial charge is 0.265 e. The summed E-state index contributed by atoms with van der Waals surface area (Å²) in [5, 5.41) is 3.55. The Bertz CT molecular complexity index is 944. The second-order valence-corrected chi connectivity index (χ2v) is 8.97. The maximum atomic E-state index is 12.5. The quantitative estimate of drug-likeness (QED) is 0.608. The molecule has 0 aliphatic rings. The lowest BCUT2D eigenvalue weighted by atomic mass is 10.1. The lowest BCUT2D eigenvalue weighted by Crippen LogP contribution is -2.30. The summed E-state index contributed by atoms with van der Waals surface area (Å²) in [5.41, 5.74) is 1.51. The van der Waals surface area contributed by atoms with E-state index in [-0.39, 0.29) is 5.75 Å². The molecule has 0 bridgehead atoms. The van der Waals surface area contributed by atoms with Crippen molar-refractivity contribution in [1.82, 2.24) is 0 Å². The fraction of sp³-hybridized carbons (Fsp3) is 0.316. The van der Waals surface area contributed by atoms with Crippen molar-refractivity contribution in [2.45, 2.75) is 33.3 Å². The molecular weight excluding hydrogens is 423 g/mol. The summed E-state index contributed by atoms with van der Waals surface area (Å²) >= 11 is 11.9. The van der Waals surface area contributed by atoms with Gasteiger partial charge in [-0.25, -0.2) is 8.42 Å². The zero-order valence-electron chi connectivity index (χ0n) is 15.8. The molecule has 0 heterocycles. The van der Waals surface area contributed by atoms with E-state index in [0.717, 1.165) is 0 Å². The van der Waals surface area contributed by atoms with Gasteiger partial charge in [-0.2, -0.15) is 0 Å². The molecule has 0 aromatic heterocycles. The summed E-state index contributed by atoms with van der Waals surface area (Å²) in [6.07, 6.45) is -0.318. The number of carbonyl (C=O) groups is 1. The van der Waals surface area contributed by atoms with Gasteiger partial charge in [0.1, 0.15) is 5.75 Å². The fourth-order valence-electron chi connectivity index (χ4n) is 2.46. The molecule has 2 rings (SSSR count). The van der Waals surface area contributed by atoms with Gasteiger partial charge in [0.2, 0.25) is 10.0 Å². The van der Waals surface area contributed by atoms with Gasteiger partial charge in [-0.05, 0) is 56.2 Å². The first kappa shape index (κ1) is 22.3. The van der Waals surface area contributed by atoms with E-state index in [0.29, 0.717) is 39.2 Å². The largest absolute Gasteiger partial charge is 0.481 e. The molecule has 2 N–H and O–H groups in total. The SMILES string of the molecule is CCCS(=O)(=O)Nc1cccc(NC(=O)C(C)Oc2cc(Cl)cc(Cl)c2)c1C. The third kappa shape index (κ3) is 6.29. The molecule has 2 aromatic rings. The van der Waals surface area contributed by atoms with E-state index in [2.05, 4.69) is 10.0 Å². The van der Waals surface area contributed by atoms with Crippen LogP contribution in [0.1, 0.15) is 25.8 Å². The Kier molecular flexibility index (Phi) is 7.57. The van der Waals surface area contributed by atoms with Gasteiger partial charge in [-0.15, -0.1) is 0 Å². The van der Waals surface area contributed by atoms with Crippen molar-refractivity contribution in [3.05, 3.63) is 52.0 Å². The molecule has 0 aliphatic heterocycles. The Morgan fingerprint density at radius 1 is 1.14 bits per heavy atom. The highest BCUT2D eigenvalue weighted by Crippen LogP contribution is 2.27. The Labute approximate surface area is 175 Å². The minimum absolute atomic E-state index is 0.0239. The van der Waals surface area contributed by atoms with Gasteiger partial charge in [0.15, 0.2) is 6.10 Å². The minimum Gasteiger partial charge on any atom is -0.481 e. The molecule has 1 amide bonds. The lowest BCUT2D eigenvalue weighted by Gasteiger charge is -2.18. The zero-order valence-corrected chi connectivity index (χ0v) is 18.1. The molecule has 152 valence electrons. The number of halogens is 2. The van der Waals surface area contributed by atoms with E-state index in [1.807, 2.05) is 0 Å². The Hall–Kier alpha value is -1.96. The van der Waals surface area contributed by atoms with Crippen LogP contribution < -0.4 is 14.8 Å². The summed E-state index contributed by atoms with van der Waals surface area (Å²) < 4.78 is 32.2. The molecule has 0 fully saturated rings. The van der Waals surface area contributed by atoms with Crippen LogP contribution in [0.5, 0.6) is 5.75 Å². The van der Waals surface area contributed by atoms with Crippen molar-refractivity contribution in [2.75, 3.05) is 15.8 Å². The second kappa shape index (κ2) is 9.49. The Balaban J connectivity index is 2.12. The van der Waals surface area contributed by atoms with Crippen molar-refractivity contribution >= 4 is 50.5 Å². The van der Waals surface area contributed by atoms with Crippen molar-refractivity contribution in [3.8, 4) is 5.75 Å². The molecule has 0 saturated carbocycles. The van der Waals surface area contributed by atoms with Crippen LogP contribution in [0.2, 0.25) is 10.0 Å². The third-order valence-electron chi connectivity index (χ3n) is 3.85. The molecule has 9 heteroatoms. The minimum atomic E-state index is -3.43. The summed E-state index contributed by atoms with van der Waals surface area (Å²) in [5.74, 6) is 0.00142. The van der Waals surface area contributed by atoms with Crippen LogP contribution in [-0.4, -0.2) is 26.2 Å². The number of benzene rings is 2. The van der Waals surface area contributed by atoms with Gasteiger partial charge in [0.05, 0.1) is 11.4 Å². The molecule has 0 spiro atoms. The lowest BCUT2D eigenvalue weighted by molar-refractivity contribution is -0.122. The molecule has 1 unspecified atom stereocenters. The highest BCUT2D eigenvalue weighted by Gasteiger charge is 2.18. The summed E-state index contributed by atoms with van der Waals surface area (Å²) in [6, 6.07) is 9.68. The van der Waals surface area contributed by atoms with E-state index in [9.17, 15) is 13.2 Å². The van der Waals surface area contributed by atoms with Gasteiger partial charge in [0.25, 0.3) is 5.91 Å². The summed E-state index contributed by atoms with van der Waals surface area (Å²) in [4.78, 5) is 12.5. The number of nitrogens with one attached hydrogen (secondary N) is 2. The van der Waals surface area contributed by atoms with Crippen molar-refractivity contribution in [1.29, 1.82) is 0 Å². The van der Waals surface area contributed by atoms with Gasteiger partial charge >= 0.3 is 0 Å². The molecule has 2 aromatic carbocycles. The fourth-order valence-corrected chi connectivity index (χ4v) is 4.16. The average Bonchev–Trinajstić information content (AvgIpc) is 2.57. The van der Waals surface area contributed by atoms with E-state index in [4.69, 9.17) is 27.9 Å². The average molecular weight is 445 g/mol. The van der Waals surface area contributed by atoms with Crippen molar-refractivity contribution in [3.63, 3.8) is 0 Å². The number of carbonyl (C=O) groups excluding carboxylic acids is 1. The van der Waals surface area contributed by atoms with Crippen molar-refractivity contribution in [2.24, 2.45) is 0 Å². The van der Waals surface area contributed by atoms with Crippen LogP contribution in [0.15, 0.2) is 36.4 Å². The van der Waals surface area contributed by atoms with E-state index in [1.54, 1.807) is 57.2 Å². The summed E-state index contributed by atoms with van der Waals surface area (Å²) in [7, 11) is -3.43. The zero-order chi connectivity index (χ0) is 20.9. The molecular formula is C19H22Cl2N2O4S. The van der Waals surface area contributed by atoms with Crippen LogP contribution in [0.3, 0.4) is 0 Å². The number of sulfonamides is 1. The number of hydrogen-bond acceptors (Lipinski definition) is 4. The van der Waals surface area contributed by atoms with Crippen LogP contribution in [0.4, 0.5) is 11.4 Å². The topological polar surface area (TPSA) is 84.5 Å². The first-order chi connectivity index (χ1) is 13.1. The van der Waals surface area contributed by atoms with Gasteiger partial charge in [-0.3, -0.25) is 9.52 Å². The van der Waals surface area contributed by atoms with Crippen LogP contribution in [0.25, 0.3) is 0 Å². The predicted octanol–water partition coefficient (Wildman–Crippen LogP) is 4.86. The second-order valence-electron chi connectivity index (χ2n) is 6.25. The first-order valence-corrected chi connectivity index (χ1v) is 11.1. The Morgan fingerprint density at radius 2 is 1.75 bits per heavy atom. The predicted molar refractivity (Wildman–Crippen MR) is 114 cm³/mol. The molecule has 0 aliphatic carbocycles. The number of amides is 1. The van der Waals surface area contributed by atoms with Crippen LogP contribution >= 0.6 is 23.2 Å². The molecule has 0 saturated heterocycles. The number of ether oxygens (including phenoxy) is 1. The van der Waals surface area contributed by atoms with Crippen LogP contribution in [-0.2, 0) is 14.8 Å². The number of rotatable bonds is 8. The third-order valence-corrected chi connectivity index (χ3v) is 5.76. The normalized spacial score (nSPS) is 12.3. The van der Waals surface area contributed by atoms with E-state index < -0.39 is 22.0 Å².